The van der Waals surface area contributed by atoms with Gasteiger partial charge in [-0.05, 0) is 12.1 Å². The smallest absolute Gasteiger partial charge is 0.284 e. The first-order valence-electron chi connectivity index (χ1n) is 5.11. The third-order valence-electron chi connectivity index (χ3n) is 2.19. The van der Waals surface area contributed by atoms with E-state index in [0.717, 1.165) is 9.21 Å². The fourth-order valence-corrected chi connectivity index (χ4v) is 3.15. The van der Waals surface area contributed by atoms with Crippen molar-refractivity contribution in [2.75, 3.05) is 19.4 Å². The standard InChI is InChI=1S/C10H11ClN4OS2/c1-12-10-14-13-8(18-10)9(16)15(2)5-6-3-4-7(11)17-6/h3-4H,5H2,1-2H3,(H,12,14). The van der Waals surface area contributed by atoms with Crippen molar-refractivity contribution in [1.82, 2.24) is 15.1 Å². The van der Waals surface area contributed by atoms with Gasteiger partial charge in [-0.3, -0.25) is 4.79 Å². The molecular weight excluding hydrogens is 292 g/mol. The van der Waals surface area contributed by atoms with Crippen LogP contribution in [0.2, 0.25) is 4.34 Å². The van der Waals surface area contributed by atoms with Crippen LogP contribution in [0.1, 0.15) is 14.7 Å². The van der Waals surface area contributed by atoms with E-state index in [4.69, 9.17) is 11.6 Å². The second kappa shape index (κ2) is 5.64. The average Bonchev–Trinajstić information content (AvgIpc) is 2.97. The summed E-state index contributed by atoms with van der Waals surface area (Å²) in [5.74, 6) is -0.140. The highest BCUT2D eigenvalue weighted by Crippen LogP contribution is 2.23. The van der Waals surface area contributed by atoms with Crippen molar-refractivity contribution < 1.29 is 4.79 Å². The summed E-state index contributed by atoms with van der Waals surface area (Å²) < 4.78 is 0.722. The molecule has 96 valence electrons. The molecule has 0 bridgehead atoms. The summed E-state index contributed by atoms with van der Waals surface area (Å²) in [7, 11) is 3.47. The van der Waals surface area contributed by atoms with Gasteiger partial charge < -0.3 is 10.2 Å². The predicted octanol–water partition coefficient (Wildman–Crippen LogP) is 2.57. The van der Waals surface area contributed by atoms with Crippen molar-refractivity contribution in [2.24, 2.45) is 0 Å². The van der Waals surface area contributed by atoms with E-state index in [-0.39, 0.29) is 5.91 Å². The molecule has 2 aromatic rings. The van der Waals surface area contributed by atoms with E-state index in [1.165, 1.54) is 22.7 Å². The number of aromatic nitrogens is 2. The first-order valence-corrected chi connectivity index (χ1v) is 7.12. The van der Waals surface area contributed by atoms with Crippen LogP contribution in [0.3, 0.4) is 0 Å². The van der Waals surface area contributed by atoms with E-state index in [2.05, 4.69) is 15.5 Å². The first-order chi connectivity index (χ1) is 8.60. The SMILES string of the molecule is CNc1nnc(C(=O)N(C)Cc2ccc(Cl)s2)s1. The molecular formula is C10H11ClN4OS2. The van der Waals surface area contributed by atoms with Gasteiger partial charge in [0.15, 0.2) is 0 Å². The molecule has 0 aliphatic rings. The maximum atomic E-state index is 12.1. The Morgan fingerprint density at radius 3 is 2.78 bits per heavy atom. The molecule has 8 heteroatoms. The Morgan fingerprint density at radius 2 is 2.22 bits per heavy atom. The second-order valence-electron chi connectivity index (χ2n) is 3.53. The van der Waals surface area contributed by atoms with Gasteiger partial charge in [0.2, 0.25) is 10.1 Å². The molecule has 0 saturated carbocycles. The Hall–Kier alpha value is -1.18. The molecule has 0 spiro atoms. The Balaban J connectivity index is 2.04. The van der Waals surface area contributed by atoms with Crippen LogP contribution in [0.5, 0.6) is 0 Å². The molecule has 0 radical (unpaired) electrons. The lowest BCUT2D eigenvalue weighted by Gasteiger charge is -2.13. The van der Waals surface area contributed by atoms with Gasteiger partial charge in [-0.2, -0.15) is 0 Å². The third-order valence-corrected chi connectivity index (χ3v) is 4.34. The molecule has 0 unspecified atom stereocenters. The zero-order valence-corrected chi connectivity index (χ0v) is 12.2. The van der Waals surface area contributed by atoms with Crippen LogP contribution >= 0.6 is 34.3 Å². The van der Waals surface area contributed by atoms with E-state index in [1.54, 1.807) is 19.0 Å². The lowest BCUT2D eigenvalue weighted by Crippen LogP contribution is -2.25. The topological polar surface area (TPSA) is 58.1 Å². The van der Waals surface area contributed by atoms with Crippen molar-refractivity contribution in [2.45, 2.75) is 6.54 Å². The van der Waals surface area contributed by atoms with Crippen LogP contribution in [0.4, 0.5) is 5.13 Å². The van der Waals surface area contributed by atoms with Gasteiger partial charge in [0.25, 0.3) is 5.91 Å². The maximum Gasteiger partial charge on any atom is 0.284 e. The Kier molecular flexibility index (Phi) is 4.15. The Labute approximate surface area is 117 Å². The molecule has 0 atom stereocenters. The van der Waals surface area contributed by atoms with Crippen molar-refractivity contribution in [3.8, 4) is 0 Å². The largest absolute Gasteiger partial charge is 0.363 e. The lowest BCUT2D eigenvalue weighted by atomic mass is 10.4. The number of rotatable bonds is 4. The van der Waals surface area contributed by atoms with Crippen molar-refractivity contribution >= 4 is 45.3 Å². The molecule has 18 heavy (non-hydrogen) atoms. The minimum Gasteiger partial charge on any atom is -0.363 e. The van der Waals surface area contributed by atoms with E-state index in [1.807, 2.05) is 12.1 Å². The molecule has 5 nitrogen and oxygen atoms in total. The summed E-state index contributed by atoms with van der Waals surface area (Å²) in [6, 6.07) is 3.74. The number of halogens is 1. The highest BCUT2D eigenvalue weighted by molar-refractivity contribution is 7.17. The quantitative estimate of drug-likeness (QED) is 0.943. The number of hydrogen-bond acceptors (Lipinski definition) is 6. The molecule has 2 rings (SSSR count). The number of anilines is 1. The summed E-state index contributed by atoms with van der Waals surface area (Å²) >= 11 is 8.55. The molecule has 0 aliphatic heterocycles. The number of nitrogens with one attached hydrogen (secondary N) is 1. The van der Waals surface area contributed by atoms with Gasteiger partial charge in [0.05, 0.1) is 10.9 Å². The van der Waals surface area contributed by atoms with E-state index in [9.17, 15) is 4.79 Å². The van der Waals surface area contributed by atoms with Crippen molar-refractivity contribution in [1.29, 1.82) is 0 Å². The fourth-order valence-electron chi connectivity index (χ4n) is 1.32. The lowest BCUT2D eigenvalue weighted by molar-refractivity contribution is 0.0785. The fraction of sp³-hybridized carbons (Fsp3) is 0.300. The number of carbonyl (C=O) groups excluding carboxylic acids is 1. The monoisotopic (exact) mass is 302 g/mol. The second-order valence-corrected chi connectivity index (χ2v) is 6.31. The van der Waals surface area contributed by atoms with E-state index < -0.39 is 0 Å². The summed E-state index contributed by atoms with van der Waals surface area (Å²) in [4.78, 5) is 14.7. The highest BCUT2D eigenvalue weighted by atomic mass is 35.5. The molecule has 0 saturated heterocycles. The third kappa shape index (κ3) is 2.98. The maximum absolute atomic E-state index is 12.1. The van der Waals surface area contributed by atoms with Gasteiger partial charge in [-0.25, -0.2) is 0 Å². The normalized spacial score (nSPS) is 10.4. The summed E-state index contributed by atoms with van der Waals surface area (Å²) in [6.07, 6.45) is 0. The Bertz CT molecular complexity index is 554. The van der Waals surface area contributed by atoms with Crippen molar-refractivity contribution in [3.05, 3.63) is 26.4 Å². The molecule has 1 N–H and O–H groups in total. The molecule has 2 aromatic heterocycles. The average molecular weight is 303 g/mol. The van der Waals surface area contributed by atoms with Crippen LogP contribution in [0.25, 0.3) is 0 Å². The zero-order chi connectivity index (χ0) is 13.1. The predicted molar refractivity (Wildman–Crippen MR) is 74.6 cm³/mol. The summed E-state index contributed by atoms with van der Waals surface area (Å²) in [5, 5.41) is 11.6. The van der Waals surface area contributed by atoms with Gasteiger partial charge in [-0.15, -0.1) is 21.5 Å². The minimum atomic E-state index is -0.140. The van der Waals surface area contributed by atoms with Crippen molar-refractivity contribution in [3.63, 3.8) is 0 Å². The van der Waals surface area contributed by atoms with Gasteiger partial charge >= 0.3 is 0 Å². The number of carbonyl (C=O) groups is 1. The van der Waals surface area contributed by atoms with Crippen LogP contribution < -0.4 is 5.32 Å². The van der Waals surface area contributed by atoms with Gasteiger partial charge in [0.1, 0.15) is 0 Å². The van der Waals surface area contributed by atoms with Crippen LogP contribution in [0.15, 0.2) is 12.1 Å². The molecule has 2 heterocycles. The van der Waals surface area contributed by atoms with Crippen LogP contribution in [-0.4, -0.2) is 35.1 Å². The number of thiophene rings is 1. The van der Waals surface area contributed by atoms with Gasteiger partial charge in [-0.1, -0.05) is 22.9 Å². The molecule has 0 aromatic carbocycles. The number of nitrogens with zero attached hydrogens (tertiary/aromatic N) is 3. The highest BCUT2D eigenvalue weighted by Gasteiger charge is 2.17. The summed E-state index contributed by atoms with van der Waals surface area (Å²) in [5.41, 5.74) is 0. The van der Waals surface area contributed by atoms with Gasteiger partial charge in [0, 0.05) is 19.0 Å². The summed E-state index contributed by atoms with van der Waals surface area (Å²) in [6.45, 7) is 0.519. The van der Waals surface area contributed by atoms with E-state index >= 15 is 0 Å². The molecule has 0 aliphatic carbocycles. The minimum absolute atomic E-state index is 0.140. The first kappa shape index (κ1) is 13.3. The van der Waals surface area contributed by atoms with Crippen LogP contribution in [-0.2, 0) is 6.54 Å². The molecule has 0 fully saturated rings. The van der Waals surface area contributed by atoms with Crippen LogP contribution in [0, 0.1) is 0 Å². The van der Waals surface area contributed by atoms with E-state index in [0.29, 0.717) is 16.7 Å². The Morgan fingerprint density at radius 1 is 1.44 bits per heavy atom. The zero-order valence-electron chi connectivity index (χ0n) is 9.81. The number of amides is 1. The molecule has 1 amide bonds. The number of hydrogen-bond donors (Lipinski definition) is 1.